The maximum atomic E-state index is 11.4. The molecule has 0 aliphatic heterocycles. The van der Waals surface area contributed by atoms with Gasteiger partial charge in [-0.1, -0.05) is 107 Å². The molecule has 0 aliphatic rings. The van der Waals surface area contributed by atoms with Crippen molar-refractivity contribution in [3.05, 3.63) is 81.9 Å². The second-order valence-corrected chi connectivity index (χ2v) is 15.7. The molecule has 3 aromatic rings. The van der Waals surface area contributed by atoms with Crippen molar-refractivity contribution in [3.8, 4) is 11.5 Å². The lowest BCUT2D eigenvalue weighted by Gasteiger charge is -2.27. The number of aliphatic imine (C=N–C) groups is 2. The lowest BCUT2D eigenvalue weighted by molar-refractivity contribution is 0.442. The first-order chi connectivity index (χ1) is 19.0. The number of nitrogens with zero attached hydrogens (tertiary/aromatic N) is 2. The van der Waals surface area contributed by atoms with Crippen molar-refractivity contribution in [2.24, 2.45) is 9.98 Å². The van der Waals surface area contributed by atoms with Crippen molar-refractivity contribution in [2.75, 3.05) is 0 Å². The summed E-state index contributed by atoms with van der Waals surface area (Å²) in [7, 11) is 0. The van der Waals surface area contributed by atoms with E-state index in [1.54, 1.807) is 0 Å². The molecule has 0 saturated heterocycles. The van der Waals surface area contributed by atoms with Crippen LogP contribution in [0, 0.1) is 0 Å². The van der Waals surface area contributed by atoms with Gasteiger partial charge >= 0.3 is 0 Å². The van der Waals surface area contributed by atoms with Crippen LogP contribution in [-0.2, 0) is 21.7 Å². The zero-order chi connectivity index (χ0) is 32.0. The molecule has 3 aromatic carbocycles. The van der Waals surface area contributed by atoms with Gasteiger partial charge in [0.05, 0.1) is 11.4 Å². The standard InChI is InChI=1S/C38H52N2O2/c1-23(27-19-25(35(3,4)5)21-29(33(27)41)37(9,10)11)39-31-17-15-16-18-32(31)40-24(2)28-20-26(36(6,7)8)22-30(34(28)42)38(12,13)14/h15-22,41-42H,1-14H3. The van der Waals surface area contributed by atoms with Crippen molar-refractivity contribution in [1.29, 1.82) is 0 Å². The molecule has 0 saturated carbocycles. The summed E-state index contributed by atoms with van der Waals surface area (Å²) in [4.78, 5) is 10.0. The summed E-state index contributed by atoms with van der Waals surface area (Å²) >= 11 is 0. The van der Waals surface area contributed by atoms with Crippen LogP contribution in [-0.4, -0.2) is 21.6 Å². The fourth-order valence-electron chi connectivity index (χ4n) is 4.97. The van der Waals surface area contributed by atoms with Crippen LogP contribution in [0.5, 0.6) is 11.5 Å². The van der Waals surface area contributed by atoms with Gasteiger partial charge in [0, 0.05) is 33.7 Å². The van der Waals surface area contributed by atoms with Gasteiger partial charge in [0.2, 0.25) is 0 Å². The van der Waals surface area contributed by atoms with E-state index >= 15 is 0 Å². The van der Waals surface area contributed by atoms with Gasteiger partial charge in [-0.3, -0.25) is 9.98 Å². The number of rotatable bonds is 4. The number of aromatic hydroxyl groups is 2. The number of phenolic OH excluding ortho intramolecular Hbond substituents is 2. The summed E-state index contributed by atoms with van der Waals surface area (Å²) in [5.74, 6) is 0.542. The zero-order valence-electron chi connectivity index (χ0n) is 28.4. The van der Waals surface area contributed by atoms with Gasteiger partial charge in [0.1, 0.15) is 11.5 Å². The molecule has 4 heteroatoms. The molecule has 0 aliphatic carbocycles. The molecule has 3 rings (SSSR count). The number of hydrogen-bond acceptors (Lipinski definition) is 4. The Labute approximate surface area is 254 Å². The molecule has 0 aromatic heterocycles. The van der Waals surface area contributed by atoms with Crippen LogP contribution in [0.3, 0.4) is 0 Å². The monoisotopic (exact) mass is 568 g/mol. The molecule has 4 nitrogen and oxygen atoms in total. The molecular formula is C38H52N2O2. The summed E-state index contributed by atoms with van der Waals surface area (Å²) in [6.45, 7) is 29.7. The maximum absolute atomic E-state index is 11.4. The van der Waals surface area contributed by atoms with Crippen molar-refractivity contribution in [3.63, 3.8) is 0 Å². The zero-order valence-corrected chi connectivity index (χ0v) is 28.4. The Morgan fingerprint density at radius 1 is 0.500 bits per heavy atom. The van der Waals surface area contributed by atoms with Crippen LogP contribution in [0.25, 0.3) is 0 Å². The fourth-order valence-corrected chi connectivity index (χ4v) is 4.97. The summed E-state index contributed by atoms with van der Waals surface area (Å²) in [6.07, 6.45) is 0. The predicted octanol–water partition coefficient (Wildman–Crippen LogP) is 10.6. The van der Waals surface area contributed by atoms with Crippen molar-refractivity contribution < 1.29 is 10.2 Å². The van der Waals surface area contributed by atoms with Crippen LogP contribution in [0.15, 0.2) is 58.5 Å². The SMILES string of the molecule is CC(=Nc1ccccc1N=C(C)c1cc(C(C)(C)C)cc(C(C)(C)C)c1O)c1cc(C(C)(C)C)cc(C(C)(C)C)c1O. The molecule has 42 heavy (non-hydrogen) atoms. The highest BCUT2D eigenvalue weighted by Crippen LogP contribution is 2.41. The first-order valence-corrected chi connectivity index (χ1v) is 15.0. The second-order valence-electron chi connectivity index (χ2n) is 15.7. The van der Waals surface area contributed by atoms with Crippen molar-refractivity contribution in [1.82, 2.24) is 0 Å². The molecule has 0 heterocycles. The summed E-state index contributed by atoms with van der Waals surface area (Å²) in [6, 6.07) is 16.1. The molecule has 0 unspecified atom stereocenters. The van der Waals surface area contributed by atoms with Gasteiger partial charge in [-0.25, -0.2) is 0 Å². The largest absolute Gasteiger partial charge is 0.507 e. The molecule has 226 valence electrons. The van der Waals surface area contributed by atoms with Crippen molar-refractivity contribution in [2.45, 2.75) is 119 Å². The van der Waals surface area contributed by atoms with E-state index in [0.29, 0.717) is 11.4 Å². The van der Waals surface area contributed by atoms with E-state index in [9.17, 15) is 10.2 Å². The van der Waals surface area contributed by atoms with Gasteiger partial charge in [0.25, 0.3) is 0 Å². The Morgan fingerprint density at radius 2 is 0.810 bits per heavy atom. The molecule has 0 atom stereocenters. The molecule has 0 bridgehead atoms. The van der Waals surface area contributed by atoms with E-state index in [2.05, 4.69) is 107 Å². The lowest BCUT2D eigenvalue weighted by Crippen LogP contribution is -2.18. The van der Waals surface area contributed by atoms with Crippen molar-refractivity contribution >= 4 is 22.8 Å². The first-order valence-electron chi connectivity index (χ1n) is 15.0. The number of phenols is 2. The molecule has 0 amide bonds. The van der Waals surface area contributed by atoms with Crippen LogP contribution in [0.4, 0.5) is 11.4 Å². The third-order valence-corrected chi connectivity index (χ3v) is 7.81. The summed E-state index contributed by atoms with van der Waals surface area (Å²) in [5.41, 5.74) is 7.80. The third kappa shape index (κ3) is 7.32. The van der Waals surface area contributed by atoms with Crippen LogP contribution in [0.2, 0.25) is 0 Å². The van der Waals surface area contributed by atoms with E-state index in [0.717, 1.165) is 44.8 Å². The molecular weight excluding hydrogens is 516 g/mol. The molecule has 2 N–H and O–H groups in total. The highest BCUT2D eigenvalue weighted by Gasteiger charge is 2.27. The molecule has 0 radical (unpaired) electrons. The van der Waals surface area contributed by atoms with E-state index < -0.39 is 0 Å². The third-order valence-electron chi connectivity index (χ3n) is 7.81. The highest BCUT2D eigenvalue weighted by atomic mass is 16.3. The number of para-hydroxylation sites is 2. The van der Waals surface area contributed by atoms with Crippen LogP contribution < -0.4 is 0 Å². The van der Waals surface area contributed by atoms with E-state index in [1.807, 2.05) is 38.1 Å². The van der Waals surface area contributed by atoms with Gasteiger partial charge < -0.3 is 10.2 Å². The molecule has 0 fully saturated rings. The Bertz CT molecular complexity index is 1410. The summed E-state index contributed by atoms with van der Waals surface area (Å²) < 4.78 is 0. The maximum Gasteiger partial charge on any atom is 0.128 e. The van der Waals surface area contributed by atoms with Gasteiger partial charge in [0.15, 0.2) is 0 Å². The topological polar surface area (TPSA) is 65.2 Å². The molecule has 0 spiro atoms. The van der Waals surface area contributed by atoms with E-state index in [-0.39, 0.29) is 33.2 Å². The predicted molar refractivity (Wildman–Crippen MR) is 181 cm³/mol. The summed E-state index contributed by atoms with van der Waals surface area (Å²) in [5, 5.41) is 22.8. The van der Waals surface area contributed by atoms with Gasteiger partial charge in [-0.15, -0.1) is 0 Å². The average molecular weight is 569 g/mol. The Hall–Kier alpha value is -3.40. The Kier molecular flexibility index (Phi) is 8.95. The minimum absolute atomic E-state index is 0.0858. The average Bonchev–Trinajstić information content (AvgIpc) is 2.82. The smallest absolute Gasteiger partial charge is 0.128 e. The van der Waals surface area contributed by atoms with Gasteiger partial charge in [-0.05, 0) is 70.9 Å². The first kappa shape index (κ1) is 33.1. The minimum Gasteiger partial charge on any atom is -0.507 e. The minimum atomic E-state index is -0.227. The fraction of sp³-hybridized carbons (Fsp3) is 0.474. The number of hydrogen-bond donors (Lipinski definition) is 2. The Morgan fingerprint density at radius 3 is 1.07 bits per heavy atom. The lowest BCUT2D eigenvalue weighted by atomic mass is 9.78. The quantitative estimate of drug-likeness (QED) is 0.307. The van der Waals surface area contributed by atoms with E-state index in [4.69, 9.17) is 9.98 Å². The Balaban J connectivity index is 2.22. The van der Waals surface area contributed by atoms with Crippen LogP contribution >= 0.6 is 0 Å². The normalized spacial score (nSPS) is 14.0. The van der Waals surface area contributed by atoms with Gasteiger partial charge in [-0.2, -0.15) is 0 Å². The van der Waals surface area contributed by atoms with Crippen LogP contribution in [0.1, 0.15) is 130 Å². The van der Waals surface area contributed by atoms with E-state index in [1.165, 1.54) is 0 Å². The number of benzene rings is 3. The highest BCUT2D eigenvalue weighted by molar-refractivity contribution is 6.05. The second kappa shape index (κ2) is 11.4.